The molecule has 348 valence electrons. The molecular weight excluding hydrogens is 849 g/mol. The maximum Gasteiger partial charge on any atom is 0.335 e. The molecule has 4 spiro atoms. The number of phenolic OH excluding ortho intramolecular Hbond substituents is 2. The van der Waals surface area contributed by atoms with Gasteiger partial charge in [0.1, 0.15) is 47.1 Å². The first-order valence-electron chi connectivity index (χ1n) is 23.3. The molecule has 2 aromatic carbocycles. The van der Waals surface area contributed by atoms with Crippen molar-refractivity contribution < 1.29 is 64.3 Å². The molecule has 4 saturated carbocycles. The zero-order valence-corrected chi connectivity index (χ0v) is 38.3. The van der Waals surface area contributed by atoms with Gasteiger partial charge in [-0.3, -0.25) is 4.79 Å². The Morgan fingerprint density at radius 3 is 2.40 bits per heavy atom. The first-order chi connectivity index (χ1) is 30.2. The molecule has 13 nitrogen and oxygen atoms in total. The number of Topliss-reactive ketones (excluding diaryl/α,β-unsaturated/α-hetero) is 1. The molecule has 3 saturated heterocycles. The van der Waals surface area contributed by atoms with Crippen molar-refractivity contribution in [3.63, 3.8) is 0 Å². The van der Waals surface area contributed by atoms with Crippen molar-refractivity contribution in [1.29, 1.82) is 0 Å². The van der Waals surface area contributed by atoms with Crippen LogP contribution in [0.1, 0.15) is 136 Å². The first kappa shape index (κ1) is 45.8. The second-order valence-corrected chi connectivity index (χ2v) is 23.2. The maximum absolute atomic E-state index is 12.7. The van der Waals surface area contributed by atoms with Crippen molar-refractivity contribution in [1.82, 2.24) is 0 Å². The minimum atomic E-state index is -1.77. The van der Waals surface area contributed by atoms with E-state index in [0.29, 0.717) is 48.7 Å². The van der Waals surface area contributed by atoms with Crippen molar-refractivity contribution >= 4 is 44.1 Å². The molecule has 3 heterocycles. The van der Waals surface area contributed by atoms with Crippen molar-refractivity contribution in [3.8, 4) is 17.2 Å². The monoisotopic (exact) mass is 914 g/mol. The summed E-state index contributed by atoms with van der Waals surface area (Å²) in [6.45, 7) is 3.51. The standard InChI is InChI=1S/C48H66O13S2/c1-27-35(28(2)51)39(53)36-32(38(27)52)17-30(42(56)57)18-33(36)60-43-40(54)41(55)48(34(21-50)61-43)13-7-29-19-44(14-15-47(23-44)12-5-11-46(47)9-3-4-10-46)20-31-22-58-24-45(37(29)31,8-6-16-49)25-62-63-26-59-48/h17-18,29,31,34,37,40-41,43,49-50,52-55H,3-16,19-26H2,1-2H3,(H,56,57). The van der Waals surface area contributed by atoms with Crippen LogP contribution in [-0.4, -0.2) is 116 Å². The highest BCUT2D eigenvalue weighted by molar-refractivity contribution is 8.76. The summed E-state index contributed by atoms with van der Waals surface area (Å²) >= 11 is 0. The van der Waals surface area contributed by atoms with E-state index in [9.17, 15) is 45.3 Å². The Morgan fingerprint density at radius 1 is 0.921 bits per heavy atom. The Labute approximate surface area is 377 Å². The number of hydrogen-bond donors (Lipinski definition) is 7. The minimum absolute atomic E-state index is 0.0536. The number of phenols is 2. The Hall–Kier alpha value is -2.34. The topological polar surface area (TPSA) is 213 Å². The molecule has 9 rings (SSSR count). The molecule has 0 bridgehead atoms. The van der Waals surface area contributed by atoms with Gasteiger partial charge in [-0.15, -0.1) is 0 Å². The van der Waals surface area contributed by atoms with E-state index in [1.165, 1.54) is 88.8 Å². The molecule has 63 heavy (non-hydrogen) atoms. The number of ether oxygens (including phenoxy) is 4. The molecule has 15 heteroatoms. The van der Waals surface area contributed by atoms with Crippen molar-refractivity contribution in [2.24, 2.45) is 39.4 Å². The number of aliphatic hydroxyl groups excluding tert-OH is 4. The normalized spacial score (nSPS) is 38.9. The van der Waals surface area contributed by atoms with E-state index in [1.54, 1.807) is 10.8 Å². The maximum atomic E-state index is 12.7. The van der Waals surface area contributed by atoms with E-state index < -0.39 is 60.1 Å². The summed E-state index contributed by atoms with van der Waals surface area (Å²) in [5.74, 6) is -1.37. The fraction of sp³-hybridized carbons (Fsp3) is 0.750. The third-order valence-electron chi connectivity index (χ3n) is 17.7. The van der Waals surface area contributed by atoms with Crippen LogP contribution in [-0.2, 0) is 14.2 Å². The van der Waals surface area contributed by atoms with E-state index in [0.717, 1.165) is 37.1 Å². The van der Waals surface area contributed by atoms with E-state index in [2.05, 4.69) is 0 Å². The van der Waals surface area contributed by atoms with Gasteiger partial charge in [-0.1, -0.05) is 40.9 Å². The first-order valence-corrected chi connectivity index (χ1v) is 25.8. The summed E-state index contributed by atoms with van der Waals surface area (Å²) in [4.78, 5) is 25.0. The molecule has 4 aliphatic carbocycles. The minimum Gasteiger partial charge on any atom is -0.507 e. The molecule has 0 radical (unpaired) electrons. The number of carbonyl (C=O) groups is 2. The van der Waals surface area contributed by atoms with Crippen LogP contribution >= 0.6 is 21.6 Å². The number of hydrogen-bond acceptors (Lipinski definition) is 14. The summed E-state index contributed by atoms with van der Waals surface area (Å²) in [7, 11) is 3.20. The number of aromatic carboxylic acids is 1. The van der Waals surface area contributed by atoms with Crippen LogP contribution in [0.4, 0.5) is 0 Å². The average molecular weight is 915 g/mol. The van der Waals surface area contributed by atoms with Gasteiger partial charge in [0, 0.05) is 35.3 Å². The lowest BCUT2D eigenvalue weighted by atomic mass is 9.50. The van der Waals surface area contributed by atoms with Crippen LogP contribution in [0.2, 0.25) is 0 Å². The summed E-state index contributed by atoms with van der Waals surface area (Å²) < 4.78 is 25.9. The number of carbonyl (C=O) groups excluding carboxylic acids is 1. The van der Waals surface area contributed by atoms with Crippen LogP contribution in [0.15, 0.2) is 12.1 Å². The lowest BCUT2D eigenvalue weighted by molar-refractivity contribution is -0.323. The zero-order chi connectivity index (χ0) is 44.5. The Kier molecular flexibility index (Phi) is 12.6. The van der Waals surface area contributed by atoms with Crippen LogP contribution in [0.25, 0.3) is 10.8 Å². The smallest absolute Gasteiger partial charge is 0.335 e. The van der Waals surface area contributed by atoms with Gasteiger partial charge in [0.25, 0.3) is 0 Å². The van der Waals surface area contributed by atoms with Gasteiger partial charge in [-0.25, -0.2) is 4.79 Å². The van der Waals surface area contributed by atoms with Crippen molar-refractivity contribution in [3.05, 3.63) is 28.8 Å². The molecule has 2 aromatic rings. The second-order valence-electron chi connectivity index (χ2n) is 20.8. The fourth-order valence-corrected chi connectivity index (χ4v) is 17.6. The van der Waals surface area contributed by atoms with Crippen LogP contribution in [0, 0.1) is 46.3 Å². The third-order valence-corrected chi connectivity index (χ3v) is 20.0. The molecule has 11 atom stereocenters. The fourth-order valence-electron chi connectivity index (χ4n) is 15.2. The Bertz CT molecular complexity index is 2070. The number of aliphatic hydroxyl groups is 4. The number of benzene rings is 2. The van der Waals surface area contributed by atoms with Gasteiger partial charge in [0.05, 0.1) is 29.7 Å². The molecule has 7 aliphatic rings. The predicted molar refractivity (Wildman–Crippen MR) is 238 cm³/mol. The zero-order valence-electron chi connectivity index (χ0n) is 36.6. The molecule has 7 N–H and O–H groups in total. The highest BCUT2D eigenvalue weighted by Gasteiger charge is 2.65. The number of fused-ring (bicyclic) bond motifs is 2. The summed E-state index contributed by atoms with van der Waals surface area (Å²) in [5, 5.41) is 78.1. The molecule has 0 aromatic heterocycles. The number of aromatic hydroxyl groups is 2. The van der Waals surface area contributed by atoms with Crippen LogP contribution in [0.3, 0.4) is 0 Å². The molecule has 3 aliphatic heterocycles. The van der Waals surface area contributed by atoms with E-state index in [4.69, 9.17) is 18.9 Å². The van der Waals surface area contributed by atoms with Crippen molar-refractivity contribution in [2.45, 2.75) is 147 Å². The average Bonchev–Trinajstić information content (AvgIpc) is 3.98. The predicted octanol–water partition coefficient (Wildman–Crippen LogP) is 7.50. The van der Waals surface area contributed by atoms with Gasteiger partial charge < -0.3 is 54.7 Å². The van der Waals surface area contributed by atoms with E-state index in [-0.39, 0.29) is 68.9 Å². The van der Waals surface area contributed by atoms with Crippen LogP contribution in [0.5, 0.6) is 17.2 Å². The van der Waals surface area contributed by atoms with Crippen molar-refractivity contribution in [2.75, 3.05) is 38.1 Å². The van der Waals surface area contributed by atoms with Gasteiger partial charge >= 0.3 is 5.97 Å². The summed E-state index contributed by atoms with van der Waals surface area (Å²) in [6, 6.07) is 2.25. The summed E-state index contributed by atoms with van der Waals surface area (Å²) in [5.41, 5.74) is -1.11. The summed E-state index contributed by atoms with van der Waals surface area (Å²) in [6.07, 6.45) is 11.5. The Morgan fingerprint density at radius 2 is 1.67 bits per heavy atom. The number of carboxylic acids is 1. The highest BCUT2D eigenvalue weighted by Crippen LogP contribution is 2.74. The Balaban J connectivity index is 1.05. The quantitative estimate of drug-likeness (QED) is 0.0776. The van der Waals surface area contributed by atoms with Gasteiger partial charge in [0.2, 0.25) is 6.29 Å². The molecular formula is C48H66O13S2. The number of rotatable bonds is 8. The molecule has 11 unspecified atom stereocenters. The number of carboxylic acid groups (broad SMARTS) is 1. The molecule has 7 fully saturated rings. The second kappa shape index (κ2) is 17.4. The third kappa shape index (κ3) is 7.50. The number of ketones is 1. The van der Waals surface area contributed by atoms with Gasteiger partial charge in [-0.2, -0.15) is 0 Å². The lowest BCUT2D eigenvalue weighted by Gasteiger charge is -2.58. The van der Waals surface area contributed by atoms with Gasteiger partial charge in [-0.05, 0) is 143 Å². The lowest BCUT2D eigenvalue weighted by Crippen LogP contribution is -2.69. The van der Waals surface area contributed by atoms with E-state index in [1.807, 2.05) is 0 Å². The van der Waals surface area contributed by atoms with Gasteiger partial charge in [0.15, 0.2) is 5.78 Å². The SMILES string of the molecule is CC(=O)c1c(C)c(O)c2cc(C(=O)O)cc(OC3OC(CO)C4(CCC5CC6(CCC7(CCCC78CCCC8)C6)CC6COCC(CCCO)(CSSCO4)C56)C(O)C3O)c2c1O. The molecule has 0 amide bonds. The van der Waals surface area contributed by atoms with Crippen LogP contribution < -0.4 is 4.74 Å². The van der Waals surface area contributed by atoms with E-state index >= 15 is 0 Å². The largest absolute Gasteiger partial charge is 0.507 e. The highest BCUT2D eigenvalue weighted by atomic mass is 33.1.